The number of aliphatic hydroxyl groups excluding tert-OH is 1. The van der Waals surface area contributed by atoms with Crippen LogP contribution in [0.2, 0.25) is 0 Å². The van der Waals surface area contributed by atoms with E-state index in [-0.39, 0.29) is 13.2 Å². The van der Waals surface area contributed by atoms with Crippen LogP contribution in [0, 0.1) is 0 Å². The fraction of sp³-hybridized carbons (Fsp3) is 0.889. The molecule has 0 rings (SSSR count). The van der Waals surface area contributed by atoms with Crippen LogP contribution in [0.1, 0.15) is 6.42 Å². The number of aliphatic hydroxyl groups is 1. The molecule has 0 saturated carbocycles. The highest BCUT2D eigenvalue weighted by Gasteiger charge is 1.99. The number of nitrogens with one attached hydrogen (secondary N) is 1. The van der Waals surface area contributed by atoms with Crippen LogP contribution in [0.25, 0.3) is 0 Å². The van der Waals surface area contributed by atoms with Gasteiger partial charge in [-0.05, 0) is 6.26 Å². The van der Waals surface area contributed by atoms with E-state index < -0.39 is 6.09 Å². The third kappa shape index (κ3) is 12.4. The van der Waals surface area contributed by atoms with Gasteiger partial charge in [-0.1, -0.05) is 0 Å². The molecular weight excluding hydrogens is 266 g/mol. The van der Waals surface area contributed by atoms with Crippen LogP contribution in [0.4, 0.5) is 4.79 Å². The molecule has 0 saturated heterocycles. The van der Waals surface area contributed by atoms with Gasteiger partial charge in [0.25, 0.3) is 0 Å². The normalized spacial score (nSPS) is 10.1. The summed E-state index contributed by atoms with van der Waals surface area (Å²) in [5.74, 6) is 0.899. The molecule has 0 atom stereocenters. The van der Waals surface area contributed by atoms with Crippen molar-refractivity contribution in [3.8, 4) is 0 Å². The van der Waals surface area contributed by atoms with Gasteiger partial charge in [-0.2, -0.15) is 11.8 Å². The summed E-state index contributed by atoms with van der Waals surface area (Å²) in [4.78, 5) is 11.0. The lowest BCUT2D eigenvalue weighted by Gasteiger charge is -2.05. The van der Waals surface area contributed by atoms with Crippen molar-refractivity contribution < 1.29 is 14.6 Å². The van der Waals surface area contributed by atoms with E-state index in [0.29, 0.717) is 13.0 Å². The summed E-state index contributed by atoms with van der Waals surface area (Å²) in [6.45, 7) is 0.956. The molecule has 0 radical (unpaired) electrons. The van der Waals surface area contributed by atoms with Gasteiger partial charge in [0.05, 0.1) is 6.61 Å². The molecule has 7 heteroatoms. The van der Waals surface area contributed by atoms with Crippen LogP contribution in [0.3, 0.4) is 0 Å². The molecule has 0 aliphatic heterocycles. The maximum atomic E-state index is 11.0. The van der Waals surface area contributed by atoms with Gasteiger partial charge < -0.3 is 15.2 Å². The number of hydrogen-bond donors (Lipinski definition) is 2. The lowest BCUT2D eigenvalue weighted by molar-refractivity contribution is 0.136. The molecule has 0 fully saturated rings. The van der Waals surface area contributed by atoms with Crippen LogP contribution in [0.5, 0.6) is 0 Å². The van der Waals surface area contributed by atoms with Crippen molar-refractivity contribution in [3.63, 3.8) is 0 Å². The van der Waals surface area contributed by atoms with Crippen molar-refractivity contribution in [2.75, 3.05) is 41.9 Å². The first-order valence-electron chi connectivity index (χ1n) is 4.97. The first kappa shape index (κ1) is 16.3. The Morgan fingerprint density at radius 2 is 2.19 bits per heavy atom. The fourth-order valence-electron chi connectivity index (χ4n) is 0.741. The molecule has 0 aliphatic carbocycles. The predicted octanol–water partition coefficient (Wildman–Crippen LogP) is 1.84. The Bertz CT molecular complexity index is 172. The molecule has 0 heterocycles. The highest BCUT2D eigenvalue weighted by molar-refractivity contribution is 8.22. The number of alkyl carbamates (subject to hydrolysis) is 1. The molecule has 4 nitrogen and oxygen atoms in total. The molecule has 0 aromatic rings. The molecule has 0 aromatic carbocycles. The van der Waals surface area contributed by atoms with E-state index in [1.54, 1.807) is 11.8 Å². The summed E-state index contributed by atoms with van der Waals surface area (Å²) < 4.78 is 4.80. The fourth-order valence-corrected chi connectivity index (χ4v) is 3.48. The standard InChI is InChI=1S/C9H19NO3S3/c1-14-7-16-8-15-6-3-10-9(12)13-5-2-4-11/h11H,2-8H2,1H3,(H,10,12). The number of thioether (sulfide) groups is 3. The Morgan fingerprint density at radius 1 is 1.38 bits per heavy atom. The Morgan fingerprint density at radius 3 is 2.88 bits per heavy atom. The van der Waals surface area contributed by atoms with Crippen molar-refractivity contribution in [2.45, 2.75) is 6.42 Å². The van der Waals surface area contributed by atoms with Crippen LogP contribution >= 0.6 is 35.3 Å². The smallest absolute Gasteiger partial charge is 0.407 e. The van der Waals surface area contributed by atoms with E-state index in [4.69, 9.17) is 9.84 Å². The van der Waals surface area contributed by atoms with Gasteiger partial charge in [-0.25, -0.2) is 4.79 Å². The predicted molar refractivity (Wildman–Crippen MR) is 74.4 cm³/mol. The zero-order valence-corrected chi connectivity index (χ0v) is 11.9. The monoisotopic (exact) mass is 285 g/mol. The molecule has 0 aromatic heterocycles. The Labute approximate surface area is 110 Å². The molecule has 96 valence electrons. The molecular formula is C9H19NO3S3. The number of ether oxygens (including phenoxy) is 1. The van der Waals surface area contributed by atoms with E-state index >= 15 is 0 Å². The minimum absolute atomic E-state index is 0.0514. The molecule has 0 spiro atoms. The van der Waals surface area contributed by atoms with Crippen LogP contribution in [0.15, 0.2) is 0 Å². The molecule has 2 N–H and O–H groups in total. The maximum absolute atomic E-state index is 11.0. The molecule has 0 bridgehead atoms. The average molecular weight is 285 g/mol. The Kier molecular flexibility index (Phi) is 13.6. The van der Waals surface area contributed by atoms with E-state index in [9.17, 15) is 4.79 Å². The first-order valence-corrected chi connectivity index (χ1v) is 8.67. The second kappa shape index (κ2) is 13.3. The number of hydrogen-bond acceptors (Lipinski definition) is 6. The van der Waals surface area contributed by atoms with E-state index in [1.807, 2.05) is 23.5 Å². The van der Waals surface area contributed by atoms with Gasteiger partial charge in [-0.3, -0.25) is 0 Å². The minimum Gasteiger partial charge on any atom is -0.449 e. The molecule has 0 aliphatic rings. The first-order chi connectivity index (χ1) is 7.81. The second-order valence-corrected chi connectivity index (χ2v) is 6.46. The van der Waals surface area contributed by atoms with Crippen molar-refractivity contribution in [2.24, 2.45) is 0 Å². The van der Waals surface area contributed by atoms with Gasteiger partial charge in [0.15, 0.2) is 0 Å². The van der Waals surface area contributed by atoms with Gasteiger partial charge >= 0.3 is 6.09 Å². The van der Waals surface area contributed by atoms with Gasteiger partial charge in [-0.15, -0.1) is 23.5 Å². The molecule has 0 unspecified atom stereocenters. The van der Waals surface area contributed by atoms with Crippen molar-refractivity contribution >= 4 is 41.4 Å². The van der Waals surface area contributed by atoms with Crippen LogP contribution < -0.4 is 5.32 Å². The van der Waals surface area contributed by atoms with E-state index in [0.717, 1.165) is 15.9 Å². The summed E-state index contributed by atoms with van der Waals surface area (Å²) in [5.41, 5.74) is 0. The summed E-state index contributed by atoms with van der Waals surface area (Å²) >= 11 is 5.51. The lowest BCUT2D eigenvalue weighted by atomic mass is 10.5. The summed E-state index contributed by atoms with van der Waals surface area (Å²) in [6.07, 6.45) is 2.18. The quantitative estimate of drug-likeness (QED) is 0.472. The van der Waals surface area contributed by atoms with Gasteiger partial charge in [0.1, 0.15) is 0 Å². The van der Waals surface area contributed by atoms with Crippen molar-refractivity contribution in [1.29, 1.82) is 0 Å². The number of carbonyl (C=O) groups excluding carboxylic acids is 1. The second-order valence-electron chi connectivity index (χ2n) is 2.78. The van der Waals surface area contributed by atoms with E-state index in [1.165, 1.54) is 0 Å². The SMILES string of the molecule is CSCSCSCCNC(=O)OCCCO. The number of carbonyl (C=O) groups is 1. The van der Waals surface area contributed by atoms with Crippen molar-refractivity contribution in [3.05, 3.63) is 0 Å². The summed E-state index contributed by atoms with van der Waals surface area (Å²) in [7, 11) is 0. The van der Waals surface area contributed by atoms with Crippen molar-refractivity contribution in [1.82, 2.24) is 5.32 Å². The highest BCUT2D eigenvalue weighted by Crippen LogP contribution is 2.15. The van der Waals surface area contributed by atoms with Crippen LogP contribution in [-0.4, -0.2) is 53.1 Å². The lowest BCUT2D eigenvalue weighted by Crippen LogP contribution is -2.27. The highest BCUT2D eigenvalue weighted by atomic mass is 32.2. The van der Waals surface area contributed by atoms with Gasteiger partial charge in [0, 0.05) is 35.5 Å². The maximum Gasteiger partial charge on any atom is 0.407 e. The molecule has 1 amide bonds. The summed E-state index contributed by atoms with van der Waals surface area (Å²) in [5, 5.41) is 13.3. The zero-order valence-electron chi connectivity index (χ0n) is 9.44. The zero-order chi connectivity index (χ0) is 12.1. The summed E-state index contributed by atoms with van der Waals surface area (Å²) in [6, 6.07) is 0. The van der Waals surface area contributed by atoms with Crippen LogP contribution in [-0.2, 0) is 4.74 Å². The Balaban J connectivity index is 3.09. The third-order valence-corrected chi connectivity index (χ3v) is 4.85. The molecule has 16 heavy (non-hydrogen) atoms. The average Bonchev–Trinajstić information content (AvgIpc) is 2.28. The number of amides is 1. The van der Waals surface area contributed by atoms with E-state index in [2.05, 4.69) is 11.6 Å². The minimum atomic E-state index is -0.397. The third-order valence-electron chi connectivity index (χ3n) is 1.42. The van der Waals surface area contributed by atoms with Gasteiger partial charge in [0.2, 0.25) is 0 Å². The topological polar surface area (TPSA) is 58.6 Å². The Hall–Kier alpha value is 0.280. The largest absolute Gasteiger partial charge is 0.449 e. The number of rotatable bonds is 10.